The van der Waals surface area contributed by atoms with Crippen LogP contribution < -0.4 is 4.90 Å². The molecule has 1 aromatic carbocycles. The summed E-state index contributed by atoms with van der Waals surface area (Å²) in [4.78, 5) is 46.7. The molecule has 4 aliphatic rings. The second-order valence-electron chi connectivity index (χ2n) is 7.80. The number of morpholine rings is 2. The second kappa shape index (κ2) is 8.71. The van der Waals surface area contributed by atoms with Crippen LogP contribution in [0.25, 0.3) is 5.57 Å². The van der Waals surface area contributed by atoms with Crippen molar-refractivity contribution in [2.24, 2.45) is 0 Å². The summed E-state index contributed by atoms with van der Waals surface area (Å²) in [6.07, 6.45) is 0. The molecule has 31 heavy (non-hydrogen) atoms. The third kappa shape index (κ3) is 3.90. The normalized spacial score (nSPS) is 25.6. The Kier molecular flexibility index (Phi) is 5.81. The number of carbonyl (C=O) groups is 3. The number of fused-ring (bicyclic) bond motifs is 1. The predicted molar refractivity (Wildman–Crippen MR) is 115 cm³/mol. The topological polar surface area (TPSA) is 82.6 Å². The molecule has 0 saturated carbocycles. The van der Waals surface area contributed by atoms with Crippen molar-refractivity contribution < 1.29 is 23.9 Å². The van der Waals surface area contributed by atoms with E-state index in [1.807, 2.05) is 29.2 Å². The van der Waals surface area contributed by atoms with Crippen molar-refractivity contribution in [3.05, 3.63) is 34.7 Å². The Hall–Kier alpha value is -2.24. The summed E-state index contributed by atoms with van der Waals surface area (Å²) >= 11 is 0.861. The predicted octanol–water partition coefficient (Wildman–Crippen LogP) is 1.02. The van der Waals surface area contributed by atoms with Crippen LogP contribution in [0.15, 0.2) is 29.2 Å². The number of hydrogen-bond donors (Lipinski definition) is 0. The summed E-state index contributed by atoms with van der Waals surface area (Å²) in [6.45, 7) is 5.92. The SMILES string of the molecule is O=C1S/C(=C2\C(=O)N(CN3CCOCC3)c3ccccc32)C(=O)N1CN1CCOCC1. The number of rotatable bonds is 4. The molecule has 0 aromatic heterocycles. The van der Waals surface area contributed by atoms with Crippen LogP contribution in [0.2, 0.25) is 0 Å². The van der Waals surface area contributed by atoms with Gasteiger partial charge >= 0.3 is 0 Å². The lowest BCUT2D eigenvalue weighted by molar-refractivity contribution is -0.125. The van der Waals surface area contributed by atoms with Crippen LogP contribution >= 0.6 is 11.8 Å². The van der Waals surface area contributed by atoms with Crippen LogP contribution in [-0.2, 0) is 19.1 Å². The van der Waals surface area contributed by atoms with E-state index in [-0.39, 0.29) is 22.7 Å². The largest absolute Gasteiger partial charge is 0.379 e. The minimum Gasteiger partial charge on any atom is -0.379 e. The van der Waals surface area contributed by atoms with Gasteiger partial charge < -0.3 is 9.47 Å². The number of benzene rings is 1. The van der Waals surface area contributed by atoms with Crippen molar-refractivity contribution in [2.75, 3.05) is 70.8 Å². The van der Waals surface area contributed by atoms with Gasteiger partial charge in [-0.2, -0.15) is 0 Å². The quantitative estimate of drug-likeness (QED) is 0.637. The van der Waals surface area contributed by atoms with E-state index in [0.29, 0.717) is 57.3 Å². The Morgan fingerprint density at radius 2 is 1.35 bits per heavy atom. The van der Waals surface area contributed by atoms with Crippen LogP contribution in [-0.4, -0.2) is 97.7 Å². The van der Waals surface area contributed by atoms with Crippen LogP contribution in [0.5, 0.6) is 0 Å². The van der Waals surface area contributed by atoms with E-state index in [0.717, 1.165) is 30.5 Å². The number of amides is 3. The molecule has 4 heterocycles. The first kappa shape index (κ1) is 20.7. The van der Waals surface area contributed by atoms with Crippen molar-refractivity contribution in [1.29, 1.82) is 0 Å². The van der Waals surface area contributed by atoms with Gasteiger partial charge in [0.1, 0.15) is 0 Å². The summed E-state index contributed by atoms with van der Waals surface area (Å²) in [7, 11) is 0. The van der Waals surface area contributed by atoms with Crippen molar-refractivity contribution in [3.63, 3.8) is 0 Å². The highest BCUT2D eigenvalue weighted by Gasteiger charge is 2.44. The van der Waals surface area contributed by atoms with Gasteiger partial charge in [0.2, 0.25) is 0 Å². The van der Waals surface area contributed by atoms with Gasteiger partial charge in [-0.05, 0) is 17.8 Å². The van der Waals surface area contributed by atoms with Gasteiger partial charge in [0.15, 0.2) is 0 Å². The highest BCUT2D eigenvalue weighted by Crippen LogP contribution is 2.44. The number of carbonyl (C=O) groups excluding carboxylic acids is 3. The van der Waals surface area contributed by atoms with Gasteiger partial charge in [0.25, 0.3) is 17.1 Å². The van der Waals surface area contributed by atoms with E-state index < -0.39 is 5.91 Å². The number of hydrogen-bond acceptors (Lipinski definition) is 8. The fraction of sp³-hybridized carbons (Fsp3) is 0.476. The van der Waals surface area contributed by atoms with E-state index >= 15 is 0 Å². The van der Waals surface area contributed by atoms with Gasteiger partial charge in [-0.15, -0.1) is 0 Å². The van der Waals surface area contributed by atoms with E-state index in [9.17, 15) is 14.4 Å². The lowest BCUT2D eigenvalue weighted by Crippen LogP contribution is -2.45. The second-order valence-corrected chi connectivity index (χ2v) is 8.76. The van der Waals surface area contributed by atoms with E-state index in [1.165, 1.54) is 4.90 Å². The van der Waals surface area contributed by atoms with E-state index in [1.54, 1.807) is 4.90 Å². The summed E-state index contributed by atoms with van der Waals surface area (Å²) in [6, 6.07) is 7.46. The molecule has 10 heteroatoms. The molecular weight excluding hydrogens is 420 g/mol. The maximum Gasteiger partial charge on any atom is 0.294 e. The van der Waals surface area contributed by atoms with E-state index in [2.05, 4.69) is 4.90 Å². The summed E-state index contributed by atoms with van der Waals surface area (Å²) < 4.78 is 10.7. The Morgan fingerprint density at radius 1 is 0.774 bits per heavy atom. The molecule has 3 fully saturated rings. The van der Waals surface area contributed by atoms with Crippen LogP contribution in [0.4, 0.5) is 10.5 Å². The smallest absolute Gasteiger partial charge is 0.294 e. The molecule has 9 nitrogen and oxygen atoms in total. The molecule has 0 N–H and O–H groups in total. The fourth-order valence-electron chi connectivity index (χ4n) is 4.20. The maximum absolute atomic E-state index is 13.5. The van der Waals surface area contributed by atoms with Crippen molar-refractivity contribution in [3.8, 4) is 0 Å². The lowest BCUT2D eigenvalue weighted by Gasteiger charge is -2.30. The molecule has 0 radical (unpaired) electrons. The Morgan fingerprint density at radius 3 is 2.00 bits per heavy atom. The maximum atomic E-state index is 13.5. The third-order valence-electron chi connectivity index (χ3n) is 5.89. The molecule has 3 amide bonds. The fourth-order valence-corrected chi connectivity index (χ4v) is 5.12. The van der Waals surface area contributed by atoms with Crippen molar-refractivity contribution >= 4 is 40.1 Å². The number of anilines is 1. The first-order chi connectivity index (χ1) is 15.1. The lowest BCUT2D eigenvalue weighted by atomic mass is 10.1. The van der Waals surface area contributed by atoms with Crippen LogP contribution in [0.3, 0.4) is 0 Å². The Labute approximate surface area is 184 Å². The molecule has 3 saturated heterocycles. The van der Waals surface area contributed by atoms with Crippen LogP contribution in [0.1, 0.15) is 5.56 Å². The zero-order chi connectivity index (χ0) is 21.4. The Bertz CT molecular complexity index is 939. The summed E-state index contributed by atoms with van der Waals surface area (Å²) in [5.74, 6) is -0.627. The van der Waals surface area contributed by atoms with Gasteiger partial charge in [0, 0.05) is 31.7 Å². The number of para-hydroxylation sites is 1. The molecule has 0 spiro atoms. The zero-order valence-electron chi connectivity index (χ0n) is 17.1. The molecule has 164 valence electrons. The van der Waals surface area contributed by atoms with Gasteiger partial charge in [-0.25, -0.2) is 0 Å². The highest BCUT2D eigenvalue weighted by molar-refractivity contribution is 8.18. The van der Waals surface area contributed by atoms with Gasteiger partial charge in [-0.1, -0.05) is 18.2 Å². The number of nitrogens with zero attached hydrogens (tertiary/aromatic N) is 4. The third-order valence-corrected chi connectivity index (χ3v) is 6.87. The number of thioether (sulfide) groups is 1. The first-order valence-corrected chi connectivity index (χ1v) is 11.2. The van der Waals surface area contributed by atoms with Gasteiger partial charge in [-0.3, -0.25) is 34.0 Å². The number of imide groups is 1. The molecular formula is C21H24N4O5S. The average Bonchev–Trinajstić information content (AvgIpc) is 3.23. The minimum atomic E-state index is -0.395. The summed E-state index contributed by atoms with van der Waals surface area (Å²) in [5.41, 5.74) is 1.81. The summed E-state index contributed by atoms with van der Waals surface area (Å²) in [5, 5.41) is -0.337. The molecule has 0 aliphatic carbocycles. The molecule has 1 aromatic rings. The van der Waals surface area contributed by atoms with Gasteiger partial charge in [0.05, 0.1) is 55.9 Å². The average molecular weight is 445 g/mol. The number of ether oxygens (including phenoxy) is 2. The molecule has 0 atom stereocenters. The zero-order valence-corrected chi connectivity index (χ0v) is 17.9. The van der Waals surface area contributed by atoms with E-state index in [4.69, 9.17) is 9.47 Å². The standard InChI is InChI=1S/C21H24N4O5S/c26-19-17(18-20(27)25(21(28)31-18)14-23-7-11-30-12-8-23)15-3-1-2-4-16(15)24(19)13-22-5-9-29-10-6-22/h1-4H,5-14H2/b18-17-. The van der Waals surface area contributed by atoms with Crippen molar-refractivity contribution in [1.82, 2.24) is 14.7 Å². The minimum absolute atomic E-state index is 0.220. The molecule has 0 unspecified atom stereocenters. The molecule has 0 bridgehead atoms. The first-order valence-electron chi connectivity index (χ1n) is 10.4. The molecule has 4 aliphatic heterocycles. The Balaban J connectivity index is 1.43. The van der Waals surface area contributed by atoms with Crippen molar-refractivity contribution in [2.45, 2.75) is 0 Å². The highest BCUT2D eigenvalue weighted by atomic mass is 32.2. The van der Waals surface area contributed by atoms with Crippen LogP contribution in [0, 0.1) is 0 Å². The monoisotopic (exact) mass is 444 g/mol. The molecule has 5 rings (SSSR count).